The predicted octanol–water partition coefficient (Wildman–Crippen LogP) is 5.68. The van der Waals surface area contributed by atoms with Gasteiger partial charge in [0, 0.05) is 23.9 Å². The maximum atomic E-state index is 13.5. The summed E-state index contributed by atoms with van der Waals surface area (Å²) >= 11 is 12.4. The molecule has 0 bridgehead atoms. The van der Waals surface area contributed by atoms with Crippen LogP contribution in [0.3, 0.4) is 0 Å². The first-order valence-corrected chi connectivity index (χ1v) is 12.0. The first-order valence-electron chi connectivity index (χ1n) is 11.3. The van der Waals surface area contributed by atoms with Crippen LogP contribution in [0.2, 0.25) is 10.0 Å². The SMILES string of the molecule is O=C(Cc1ccc(N(Cc2ccccc2)C(=O)c2ccc(Cl)cc2Cl)cc1)NCC1CCCO1. The van der Waals surface area contributed by atoms with Crippen LogP contribution in [-0.4, -0.2) is 31.1 Å². The molecule has 34 heavy (non-hydrogen) atoms. The first-order chi connectivity index (χ1) is 16.5. The van der Waals surface area contributed by atoms with Crippen molar-refractivity contribution >= 4 is 40.7 Å². The summed E-state index contributed by atoms with van der Waals surface area (Å²) in [6.07, 6.45) is 2.41. The van der Waals surface area contributed by atoms with Gasteiger partial charge in [-0.05, 0) is 54.3 Å². The minimum Gasteiger partial charge on any atom is -0.376 e. The molecule has 0 radical (unpaired) electrons. The molecule has 5 nitrogen and oxygen atoms in total. The third-order valence-corrected chi connectivity index (χ3v) is 6.30. The number of amides is 2. The second-order valence-electron chi connectivity index (χ2n) is 8.28. The van der Waals surface area contributed by atoms with Gasteiger partial charge in [0.05, 0.1) is 29.7 Å². The standard InChI is InChI=1S/C27H26Cl2N2O3/c28-21-10-13-24(25(29)16-21)27(33)31(18-20-5-2-1-3-6-20)22-11-8-19(9-12-22)15-26(32)30-17-23-7-4-14-34-23/h1-3,5-6,8-13,16,23H,4,7,14-15,17-18H2,(H,30,32). The van der Waals surface area contributed by atoms with Gasteiger partial charge in [0.1, 0.15) is 0 Å². The maximum Gasteiger partial charge on any atom is 0.260 e. The zero-order valence-corrected chi connectivity index (χ0v) is 20.2. The summed E-state index contributed by atoms with van der Waals surface area (Å²) in [4.78, 5) is 27.5. The van der Waals surface area contributed by atoms with Crippen molar-refractivity contribution in [1.29, 1.82) is 0 Å². The van der Waals surface area contributed by atoms with E-state index in [0.29, 0.717) is 34.4 Å². The van der Waals surface area contributed by atoms with Crippen LogP contribution in [0.25, 0.3) is 0 Å². The van der Waals surface area contributed by atoms with E-state index in [0.717, 1.165) is 30.6 Å². The molecular formula is C27H26Cl2N2O3. The van der Waals surface area contributed by atoms with Crippen LogP contribution in [0.4, 0.5) is 5.69 Å². The minimum atomic E-state index is -0.229. The molecular weight excluding hydrogens is 471 g/mol. The number of anilines is 1. The molecule has 1 unspecified atom stereocenters. The van der Waals surface area contributed by atoms with E-state index in [-0.39, 0.29) is 24.3 Å². The number of rotatable bonds is 8. The van der Waals surface area contributed by atoms with E-state index in [4.69, 9.17) is 27.9 Å². The Balaban J connectivity index is 1.50. The van der Waals surface area contributed by atoms with Crippen molar-refractivity contribution in [3.63, 3.8) is 0 Å². The van der Waals surface area contributed by atoms with Crippen LogP contribution in [0.15, 0.2) is 72.8 Å². The van der Waals surface area contributed by atoms with Crippen molar-refractivity contribution in [1.82, 2.24) is 5.32 Å². The van der Waals surface area contributed by atoms with Crippen LogP contribution in [0.1, 0.15) is 34.3 Å². The summed E-state index contributed by atoms with van der Waals surface area (Å²) in [5.74, 6) is -0.277. The summed E-state index contributed by atoms with van der Waals surface area (Å²) < 4.78 is 5.55. The Kier molecular flexibility index (Phi) is 8.22. The Morgan fingerprint density at radius 2 is 1.74 bits per heavy atom. The molecule has 1 saturated heterocycles. The molecule has 1 aliphatic rings. The smallest absolute Gasteiger partial charge is 0.260 e. The van der Waals surface area contributed by atoms with Gasteiger partial charge in [-0.3, -0.25) is 9.59 Å². The topological polar surface area (TPSA) is 58.6 Å². The molecule has 0 saturated carbocycles. The molecule has 0 aromatic heterocycles. The second-order valence-corrected chi connectivity index (χ2v) is 9.13. The van der Waals surface area contributed by atoms with Gasteiger partial charge >= 0.3 is 0 Å². The Morgan fingerprint density at radius 1 is 0.971 bits per heavy atom. The lowest BCUT2D eigenvalue weighted by Crippen LogP contribution is -2.32. The van der Waals surface area contributed by atoms with Crippen molar-refractivity contribution in [2.45, 2.75) is 31.9 Å². The highest BCUT2D eigenvalue weighted by atomic mass is 35.5. The van der Waals surface area contributed by atoms with Crippen LogP contribution in [0, 0.1) is 0 Å². The van der Waals surface area contributed by atoms with Gasteiger partial charge in [0.25, 0.3) is 5.91 Å². The fourth-order valence-electron chi connectivity index (χ4n) is 3.93. The third-order valence-electron chi connectivity index (χ3n) is 5.75. The molecule has 0 spiro atoms. The zero-order chi connectivity index (χ0) is 23.9. The van der Waals surface area contributed by atoms with Gasteiger partial charge in [0.2, 0.25) is 5.91 Å². The van der Waals surface area contributed by atoms with Crippen molar-refractivity contribution in [2.24, 2.45) is 0 Å². The molecule has 1 aliphatic heterocycles. The predicted molar refractivity (Wildman–Crippen MR) is 136 cm³/mol. The second kappa shape index (κ2) is 11.5. The van der Waals surface area contributed by atoms with Crippen LogP contribution in [0.5, 0.6) is 0 Å². The van der Waals surface area contributed by atoms with Crippen LogP contribution < -0.4 is 10.2 Å². The Hall–Kier alpha value is -2.86. The molecule has 0 aliphatic carbocycles. The van der Waals surface area contributed by atoms with Crippen molar-refractivity contribution in [3.05, 3.63) is 99.5 Å². The summed E-state index contributed by atoms with van der Waals surface area (Å²) in [6.45, 7) is 1.68. The van der Waals surface area contributed by atoms with E-state index in [2.05, 4.69) is 5.32 Å². The van der Waals surface area contributed by atoms with Crippen LogP contribution in [-0.2, 0) is 22.5 Å². The van der Waals surface area contributed by atoms with Gasteiger partial charge in [-0.2, -0.15) is 0 Å². The number of halogens is 2. The quantitative estimate of drug-likeness (QED) is 0.436. The molecule has 7 heteroatoms. The summed E-state index contributed by atoms with van der Waals surface area (Å²) in [6, 6.07) is 22.0. The van der Waals surface area contributed by atoms with Gasteiger partial charge in [-0.1, -0.05) is 65.7 Å². The Labute approximate surface area is 209 Å². The van der Waals surface area contributed by atoms with E-state index in [9.17, 15) is 9.59 Å². The molecule has 4 rings (SSSR count). The molecule has 1 atom stereocenters. The van der Waals surface area contributed by atoms with Crippen molar-refractivity contribution < 1.29 is 14.3 Å². The number of nitrogens with one attached hydrogen (secondary N) is 1. The number of carbonyl (C=O) groups is 2. The van der Waals surface area contributed by atoms with E-state index in [1.54, 1.807) is 23.1 Å². The molecule has 3 aromatic carbocycles. The highest BCUT2D eigenvalue weighted by Crippen LogP contribution is 2.26. The lowest BCUT2D eigenvalue weighted by Gasteiger charge is -2.24. The average Bonchev–Trinajstić information content (AvgIpc) is 3.36. The lowest BCUT2D eigenvalue weighted by atomic mass is 10.1. The average molecular weight is 497 g/mol. The van der Waals surface area contributed by atoms with E-state index >= 15 is 0 Å². The largest absolute Gasteiger partial charge is 0.376 e. The number of carbonyl (C=O) groups excluding carboxylic acids is 2. The fourth-order valence-corrected chi connectivity index (χ4v) is 4.42. The maximum absolute atomic E-state index is 13.5. The molecule has 1 N–H and O–H groups in total. The molecule has 1 fully saturated rings. The summed E-state index contributed by atoms with van der Waals surface area (Å²) in [5, 5.41) is 3.71. The first kappa shape index (κ1) is 24.3. The normalized spacial score (nSPS) is 15.2. The number of hydrogen-bond donors (Lipinski definition) is 1. The highest BCUT2D eigenvalue weighted by Gasteiger charge is 2.21. The van der Waals surface area contributed by atoms with Gasteiger partial charge in [-0.15, -0.1) is 0 Å². The molecule has 1 heterocycles. The van der Waals surface area contributed by atoms with Crippen molar-refractivity contribution in [3.8, 4) is 0 Å². The minimum absolute atomic E-state index is 0.0478. The molecule has 3 aromatic rings. The summed E-state index contributed by atoms with van der Waals surface area (Å²) in [7, 11) is 0. The number of nitrogens with zero attached hydrogens (tertiary/aromatic N) is 1. The van der Waals surface area contributed by atoms with Crippen molar-refractivity contribution in [2.75, 3.05) is 18.1 Å². The fraction of sp³-hybridized carbons (Fsp3) is 0.259. The van der Waals surface area contributed by atoms with E-state index < -0.39 is 0 Å². The molecule has 176 valence electrons. The number of benzene rings is 3. The number of ether oxygens (including phenoxy) is 1. The number of hydrogen-bond acceptors (Lipinski definition) is 3. The Bertz CT molecular complexity index is 1130. The van der Waals surface area contributed by atoms with E-state index in [1.807, 2.05) is 54.6 Å². The lowest BCUT2D eigenvalue weighted by molar-refractivity contribution is -0.120. The van der Waals surface area contributed by atoms with E-state index in [1.165, 1.54) is 0 Å². The molecule has 2 amide bonds. The Morgan fingerprint density at radius 3 is 2.41 bits per heavy atom. The zero-order valence-electron chi connectivity index (χ0n) is 18.7. The van der Waals surface area contributed by atoms with Gasteiger partial charge < -0.3 is 15.0 Å². The third kappa shape index (κ3) is 6.38. The summed E-state index contributed by atoms with van der Waals surface area (Å²) in [5.41, 5.74) is 2.94. The highest BCUT2D eigenvalue weighted by molar-refractivity contribution is 6.37. The van der Waals surface area contributed by atoms with Gasteiger partial charge in [0.15, 0.2) is 0 Å². The van der Waals surface area contributed by atoms with Crippen LogP contribution >= 0.6 is 23.2 Å². The monoisotopic (exact) mass is 496 g/mol. The van der Waals surface area contributed by atoms with Gasteiger partial charge in [-0.25, -0.2) is 0 Å².